The van der Waals surface area contributed by atoms with Gasteiger partial charge in [-0.2, -0.15) is 4.31 Å². The lowest BCUT2D eigenvalue weighted by Crippen LogP contribution is -2.66. The van der Waals surface area contributed by atoms with Gasteiger partial charge in [-0.25, -0.2) is 13.9 Å². The van der Waals surface area contributed by atoms with Crippen molar-refractivity contribution in [1.29, 1.82) is 0 Å². The summed E-state index contributed by atoms with van der Waals surface area (Å²) in [5, 5.41) is 31.0. The number of aliphatic hydroxyl groups excluding tert-OH is 3. The molecule has 9 atom stereocenters. The number of hydrogen-bond acceptors (Lipinski definition) is 13. The number of aromatic amines is 1. The maximum atomic E-state index is 12.4. The molecule has 2 aliphatic rings. The second-order valence-electron chi connectivity index (χ2n) is 9.81. The fourth-order valence-electron chi connectivity index (χ4n) is 4.52. The van der Waals surface area contributed by atoms with E-state index in [9.17, 15) is 43.8 Å². The van der Waals surface area contributed by atoms with Gasteiger partial charge in [-0.1, -0.05) is 0 Å². The van der Waals surface area contributed by atoms with E-state index in [1.165, 1.54) is 27.0 Å². The van der Waals surface area contributed by atoms with Gasteiger partial charge in [-0.3, -0.25) is 23.4 Å². The van der Waals surface area contributed by atoms with E-state index in [0.29, 0.717) is 0 Å². The first-order valence-electron chi connectivity index (χ1n) is 11.4. The number of nitrogens with one attached hydrogen (secondary N) is 1. The molecule has 1 aromatic heterocycles. The molecule has 0 saturated carbocycles. The van der Waals surface area contributed by atoms with Crippen LogP contribution in [0.5, 0.6) is 0 Å². The van der Waals surface area contributed by atoms with Gasteiger partial charge >= 0.3 is 21.3 Å². The highest BCUT2D eigenvalue weighted by molar-refractivity contribution is 7.61. The van der Waals surface area contributed by atoms with Crippen LogP contribution < -0.4 is 11.2 Å². The fraction of sp³-hybridized carbons (Fsp3) is 0.789. The number of nitrogens with zero attached hydrogens (tertiary/aromatic N) is 2. The Hall–Kier alpha value is -1.30. The Labute approximate surface area is 216 Å². The van der Waals surface area contributed by atoms with E-state index in [0.717, 1.165) is 4.57 Å². The average molecular weight is 589 g/mol. The molecule has 17 nitrogen and oxygen atoms in total. The maximum absolute atomic E-state index is 12.4. The van der Waals surface area contributed by atoms with Gasteiger partial charge in [0.2, 0.25) is 0 Å². The third kappa shape index (κ3) is 7.06. The van der Waals surface area contributed by atoms with Gasteiger partial charge in [0, 0.05) is 18.2 Å². The molecule has 6 N–H and O–H groups in total. The molecule has 2 saturated heterocycles. The van der Waals surface area contributed by atoms with Crippen molar-refractivity contribution < 1.29 is 57.1 Å². The highest BCUT2D eigenvalue weighted by Gasteiger charge is 2.53. The molecule has 0 bridgehead atoms. The molecule has 0 radical (unpaired) electrons. The van der Waals surface area contributed by atoms with Crippen LogP contribution in [0.25, 0.3) is 0 Å². The Morgan fingerprint density at radius 2 is 1.79 bits per heavy atom. The molecule has 0 aromatic carbocycles. The van der Waals surface area contributed by atoms with Crippen molar-refractivity contribution in [2.24, 2.45) is 0 Å². The summed E-state index contributed by atoms with van der Waals surface area (Å²) < 4.78 is 50.5. The molecule has 0 aliphatic carbocycles. The summed E-state index contributed by atoms with van der Waals surface area (Å²) in [5.41, 5.74) is -2.38. The lowest BCUT2D eigenvalue weighted by molar-refractivity contribution is -0.289. The van der Waals surface area contributed by atoms with Gasteiger partial charge in [-0.15, -0.1) is 0 Å². The molecule has 0 spiro atoms. The van der Waals surface area contributed by atoms with E-state index in [2.05, 4.69) is 9.29 Å². The van der Waals surface area contributed by atoms with E-state index in [1.54, 1.807) is 19.0 Å². The number of aliphatic hydroxyl groups is 3. The van der Waals surface area contributed by atoms with Gasteiger partial charge in [0.05, 0.1) is 24.4 Å². The second kappa shape index (κ2) is 11.3. The van der Waals surface area contributed by atoms with Crippen LogP contribution in [0.1, 0.15) is 32.1 Å². The first-order valence-corrected chi connectivity index (χ1v) is 14.4. The molecule has 2 aliphatic heterocycles. The fourth-order valence-corrected chi connectivity index (χ4v) is 6.67. The van der Waals surface area contributed by atoms with Crippen molar-refractivity contribution >= 4 is 15.6 Å². The number of likely N-dealkylation sites (N-methyl/N-ethyl adjacent to an activating group) is 1. The molecule has 3 rings (SSSR count). The highest BCUT2D eigenvalue weighted by Crippen LogP contribution is 2.61. The zero-order valence-corrected chi connectivity index (χ0v) is 23.0. The molecule has 9 unspecified atom stereocenters. The Morgan fingerprint density at radius 1 is 1.16 bits per heavy atom. The van der Waals surface area contributed by atoms with Gasteiger partial charge in [0.25, 0.3) is 5.56 Å². The lowest BCUT2D eigenvalue weighted by atomic mass is 9.86. The molecule has 0 amide bonds. The quantitative estimate of drug-likeness (QED) is 0.180. The summed E-state index contributed by atoms with van der Waals surface area (Å²) in [4.78, 5) is 47.3. The predicted octanol–water partition coefficient (Wildman–Crippen LogP) is -1.47. The van der Waals surface area contributed by atoms with Crippen molar-refractivity contribution in [3.63, 3.8) is 0 Å². The molecule has 1 aromatic rings. The van der Waals surface area contributed by atoms with E-state index in [4.69, 9.17) is 18.5 Å². The molecule has 3 heterocycles. The number of hydrogen-bond donors (Lipinski definition) is 6. The summed E-state index contributed by atoms with van der Waals surface area (Å²) in [7, 11) is -7.51. The van der Waals surface area contributed by atoms with Crippen molar-refractivity contribution in [3.8, 4) is 0 Å². The molecular formula is C19H33N3O14P2. The number of aryl methyl sites for hydroxylation is 1. The maximum Gasteiger partial charge on any atom is 0.483 e. The standard InChI is InChI=1S/C19H33N3O14P2/c1-9-7-22(18(27)20-16(9)26)12-6-10(23)11(33-12)8-32-37(28,29)36-38(30,31)35-17-14(25)13(24)15(21(4)5)19(2,3)34-17/h7,10-15,17,23-25H,6,8H2,1-5H3,(H,28,29)(H,30,31)(H,20,26,27). The first-order chi connectivity index (χ1) is 17.3. The van der Waals surface area contributed by atoms with Crippen molar-refractivity contribution in [3.05, 3.63) is 32.6 Å². The number of rotatable bonds is 9. The van der Waals surface area contributed by atoms with Crippen LogP contribution in [0.4, 0.5) is 0 Å². The van der Waals surface area contributed by atoms with Crippen LogP contribution >= 0.6 is 15.6 Å². The van der Waals surface area contributed by atoms with Crippen LogP contribution in [0.15, 0.2) is 15.8 Å². The minimum atomic E-state index is -5.43. The summed E-state index contributed by atoms with van der Waals surface area (Å²) in [6.45, 7) is 3.72. The Morgan fingerprint density at radius 3 is 2.39 bits per heavy atom. The highest BCUT2D eigenvalue weighted by atomic mass is 31.3. The van der Waals surface area contributed by atoms with Gasteiger partial charge < -0.3 is 39.5 Å². The third-order valence-corrected chi connectivity index (χ3v) is 8.75. The predicted molar refractivity (Wildman–Crippen MR) is 127 cm³/mol. The van der Waals surface area contributed by atoms with E-state index in [-0.39, 0.29) is 12.0 Å². The number of phosphoric ester groups is 2. The number of phosphoric acid groups is 2. The number of ether oxygens (including phenoxy) is 2. The minimum absolute atomic E-state index is 0.138. The molecule has 2 fully saturated rings. The van der Waals surface area contributed by atoms with Gasteiger partial charge in [0.1, 0.15) is 24.5 Å². The molecule has 19 heteroatoms. The van der Waals surface area contributed by atoms with Crippen molar-refractivity contribution in [2.75, 3.05) is 20.7 Å². The summed E-state index contributed by atoms with van der Waals surface area (Å²) in [6.07, 6.45) is -7.71. The molecular weight excluding hydrogens is 556 g/mol. The van der Waals surface area contributed by atoms with Crippen LogP contribution in [0.2, 0.25) is 0 Å². The smallest absolute Gasteiger partial charge is 0.390 e. The minimum Gasteiger partial charge on any atom is -0.390 e. The SMILES string of the molecule is Cc1cn(C2CC(O)C(COP(=O)(O)OP(=O)(O)OC3OC(C)(C)C(N(C)C)C(O)C3O)O2)c(=O)[nH]c1=O. The van der Waals surface area contributed by atoms with Crippen LogP contribution in [-0.4, -0.2) is 103 Å². The lowest BCUT2D eigenvalue weighted by Gasteiger charge is -2.49. The normalized spacial score (nSPS) is 34.7. The molecule has 218 valence electrons. The van der Waals surface area contributed by atoms with Crippen LogP contribution in [0.3, 0.4) is 0 Å². The number of H-pyrrole nitrogens is 1. The monoisotopic (exact) mass is 589 g/mol. The number of aromatic nitrogens is 2. The molecule has 38 heavy (non-hydrogen) atoms. The summed E-state index contributed by atoms with van der Waals surface area (Å²) in [5.74, 6) is 0. The first kappa shape index (κ1) is 31.2. The van der Waals surface area contributed by atoms with E-state index >= 15 is 0 Å². The third-order valence-electron chi connectivity index (χ3n) is 6.15. The summed E-state index contributed by atoms with van der Waals surface area (Å²) in [6, 6.07) is -0.735. The van der Waals surface area contributed by atoms with Crippen molar-refractivity contribution in [2.45, 2.75) is 75.8 Å². The zero-order chi connectivity index (χ0) is 28.8. The van der Waals surface area contributed by atoms with E-state index < -0.39 is 82.1 Å². The Bertz CT molecular complexity index is 1220. The van der Waals surface area contributed by atoms with Gasteiger partial charge in [-0.05, 0) is 34.9 Å². The Balaban J connectivity index is 1.61. The van der Waals surface area contributed by atoms with Crippen LogP contribution in [0, 0.1) is 6.92 Å². The Kier molecular flexibility index (Phi) is 9.28. The zero-order valence-electron chi connectivity index (χ0n) is 21.2. The second-order valence-corrected chi connectivity index (χ2v) is 12.8. The van der Waals surface area contributed by atoms with Gasteiger partial charge in [0.15, 0.2) is 6.29 Å². The van der Waals surface area contributed by atoms with Crippen LogP contribution in [-0.2, 0) is 32.0 Å². The van der Waals surface area contributed by atoms with E-state index in [1.807, 2.05) is 0 Å². The van der Waals surface area contributed by atoms with Crippen molar-refractivity contribution in [1.82, 2.24) is 14.5 Å². The summed E-state index contributed by atoms with van der Waals surface area (Å²) >= 11 is 0. The topological polar surface area (TPSA) is 240 Å². The average Bonchev–Trinajstić information content (AvgIpc) is 3.11. The largest absolute Gasteiger partial charge is 0.483 e.